The minimum absolute atomic E-state index is 0.0175. The maximum Gasteiger partial charge on any atom is 0.471 e. The molecule has 2 rings (SSSR count). The molecule has 0 unspecified atom stereocenters. The van der Waals surface area contributed by atoms with Crippen LogP contribution in [-0.2, 0) is 11.2 Å². The van der Waals surface area contributed by atoms with Crippen molar-refractivity contribution >= 4 is 11.7 Å². The van der Waals surface area contributed by atoms with Crippen LogP contribution < -0.4 is 5.32 Å². The van der Waals surface area contributed by atoms with Gasteiger partial charge >= 0.3 is 12.1 Å². The minimum atomic E-state index is -5.04. The Morgan fingerprint density at radius 2 is 1.43 bits per heavy atom. The molecular weight excluding hydrogens is 307 g/mol. The predicted octanol–water partition coefficient (Wildman–Crippen LogP) is 3.16. The molecular formula is C17H14F3NO2. The van der Waals surface area contributed by atoms with Crippen molar-refractivity contribution in [1.82, 2.24) is 5.32 Å². The van der Waals surface area contributed by atoms with Gasteiger partial charge in [0.2, 0.25) is 0 Å². The maximum atomic E-state index is 12.5. The zero-order chi connectivity index (χ0) is 16.9. The Balaban J connectivity index is 2.24. The Labute approximate surface area is 131 Å². The number of hydrogen-bond acceptors (Lipinski definition) is 2. The molecule has 1 atom stereocenters. The molecule has 0 heterocycles. The lowest BCUT2D eigenvalue weighted by molar-refractivity contribution is -0.174. The van der Waals surface area contributed by atoms with E-state index in [2.05, 4.69) is 0 Å². The van der Waals surface area contributed by atoms with E-state index < -0.39 is 23.9 Å². The fourth-order valence-electron chi connectivity index (χ4n) is 2.10. The molecule has 23 heavy (non-hydrogen) atoms. The number of rotatable bonds is 5. The van der Waals surface area contributed by atoms with Crippen LogP contribution in [0.3, 0.4) is 0 Å². The van der Waals surface area contributed by atoms with Crippen molar-refractivity contribution in [3.8, 4) is 0 Å². The number of halogens is 3. The van der Waals surface area contributed by atoms with Gasteiger partial charge in [0.15, 0.2) is 5.78 Å². The standard InChI is InChI=1S/C17H14F3NO2/c18-17(19,20)16(23)21-14(11-12-7-3-1-4-8-12)15(22)13-9-5-2-6-10-13/h1-10,14H,11H2,(H,21,23)/t14-/m1/s1. The van der Waals surface area contributed by atoms with Gasteiger partial charge in [-0.3, -0.25) is 9.59 Å². The molecule has 0 bridgehead atoms. The molecule has 120 valence electrons. The quantitative estimate of drug-likeness (QED) is 0.860. The number of Topliss-reactive ketones (excluding diaryl/α,β-unsaturated/α-hetero) is 1. The Bertz CT molecular complexity index is 669. The van der Waals surface area contributed by atoms with Gasteiger partial charge in [0, 0.05) is 12.0 Å². The van der Waals surface area contributed by atoms with Gasteiger partial charge in [0.05, 0.1) is 6.04 Å². The SMILES string of the molecule is O=C(c1ccccc1)[C@@H](Cc1ccccc1)NC(=O)C(F)(F)F. The van der Waals surface area contributed by atoms with Gasteiger partial charge in [-0.1, -0.05) is 60.7 Å². The molecule has 0 radical (unpaired) electrons. The average Bonchev–Trinajstić information content (AvgIpc) is 2.54. The highest BCUT2D eigenvalue weighted by molar-refractivity contribution is 6.02. The van der Waals surface area contributed by atoms with E-state index in [1.807, 2.05) is 0 Å². The highest BCUT2D eigenvalue weighted by atomic mass is 19.4. The molecule has 0 saturated carbocycles. The topological polar surface area (TPSA) is 46.2 Å². The fourth-order valence-corrected chi connectivity index (χ4v) is 2.10. The molecule has 6 heteroatoms. The number of carbonyl (C=O) groups is 2. The van der Waals surface area contributed by atoms with Gasteiger partial charge in [-0.15, -0.1) is 0 Å². The normalized spacial score (nSPS) is 12.5. The minimum Gasteiger partial charge on any atom is -0.338 e. The Morgan fingerprint density at radius 3 is 1.96 bits per heavy atom. The number of ketones is 1. The van der Waals surface area contributed by atoms with Crippen LogP contribution in [0.4, 0.5) is 13.2 Å². The predicted molar refractivity (Wildman–Crippen MR) is 78.9 cm³/mol. The number of nitrogens with one attached hydrogen (secondary N) is 1. The molecule has 0 spiro atoms. The Kier molecular flexibility index (Phi) is 5.16. The lowest BCUT2D eigenvalue weighted by atomic mass is 9.97. The first-order valence-electron chi connectivity index (χ1n) is 6.89. The first-order chi connectivity index (χ1) is 10.9. The van der Waals surface area contributed by atoms with Crippen molar-refractivity contribution < 1.29 is 22.8 Å². The van der Waals surface area contributed by atoms with Crippen molar-refractivity contribution in [2.24, 2.45) is 0 Å². The summed E-state index contributed by atoms with van der Waals surface area (Å²) in [5, 5.41) is 1.79. The second-order valence-corrected chi connectivity index (χ2v) is 4.94. The highest BCUT2D eigenvalue weighted by Gasteiger charge is 2.40. The molecule has 0 fully saturated rings. The van der Waals surface area contributed by atoms with E-state index >= 15 is 0 Å². The summed E-state index contributed by atoms with van der Waals surface area (Å²) in [4.78, 5) is 23.6. The Hall–Kier alpha value is -2.63. The molecule has 0 aliphatic heterocycles. The zero-order valence-corrected chi connectivity index (χ0v) is 12.0. The summed E-state index contributed by atoms with van der Waals surface area (Å²) in [6.07, 6.45) is -5.05. The van der Waals surface area contributed by atoms with E-state index in [-0.39, 0.29) is 12.0 Å². The third kappa shape index (κ3) is 4.67. The van der Waals surface area contributed by atoms with Gasteiger partial charge in [-0.05, 0) is 5.56 Å². The van der Waals surface area contributed by atoms with E-state index in [4.69, 9.17) is 0 Å². The van der Waals surface area contributed by atoms with Gasteiger partial charge in [-0.2, -0.15) is 13.2 Å². The van der Waals surface area contributed by atoms with Crippen LogP contribution in [0.15, 0.2) is 60.7 Å². The van der Waals surface area contributed by atoms with Crippen LogP contribution in [0.2, 0.25) is 0 Å². The van der Waals surface area contributed by atoms with Crippen LogP contribution in [0, 0.1) is 0 Å². The largest absolute Gasteiger partial charge is 0.471 e. The molecule has 3 nitrogen and oxygen atoms in total. The molecule has 2 aromatic carbocycles. The maximum absolute atomic E-state index is 12.5. The lowest BCUT2D eigenvalue weighted by Gasteiger charge is -2.19. The van der Waals surface area contributed by atoms with Crippen LogP contribution in [0.25, 0.3) is 0 Å². The van der Waals surface area contributed by atoms with E-state index in [1.54, 1.807) is 53.8 Å². The number of carbonyl (C=O) groups excluding carboxylic acids is 2. The van der Waals surface area contributed by atoms with Crippen molar-refractivity contribution in [1.29, 1.82) is 0 Å². The number of amides is 1. The number of alkyl halides is 3. The summed E-state index contributed by atoms with van der Waals surface area (Å²) in [5.41, 5.74) is 0.903. The molecule has 0 aromatic heterocycles. The molecule has 0 saturated heterocycles. The summed E-state index contributed by atoms with van der Waals surface area (Å²) in [5.74, 6) is -2.69. The van der Waals surface area contributed by atoms with Crippen LogP contribution in [0.1, 0.15) is 15.9 Å². The summed E-state index contributed by atoms with van der Waals surface area (Å²) in [6, 6.07) is 15.2. The lowest BCUT2D eigenvalue weighted by Crippen LogP contribution is -2.48. The van der Waals surface area contributed by atoms with Gasteiger partial charge in [0.25, 0.3) is 0 Å². The van der Waals surface area contributed by atoms with Gasteiger partial charge in [0.1, 0.15) is 0 Å². The van der Waals surface area contributed by atoms with Crippen molar-refractivity contribution in [2.45, 2.75) is 18.6 Å². The summed E-state index contributed by atoms with van der Waals surface area (Å²) in [7, 11) is 0. The number of hydrogen-bond donors (Lipinski definition) is 1. The highest BCUT2D eigenvalue weighted by Crippen LogP contribution is 2.16. The first-order valence-corrected chi connectivity index (χ1v) is 6.89. The second kappa shape index (κ2) is 7.09. The summed E-state index contributed by atoms with van der Waals surface area (Å²) in [6.45, 7) is 0. The van der Waals surface area contributed by atoms with E-state index in [0.29, 0.717) is 5.56 Å². The van der Waals surface area contributed by atoms with Crippen molar-refractivity contribution in [2.75, 3.05) is 0 Å². The third-order valence-electron chi connectivity index (χ3n) is 3.22. The van der Waals surface area contributed by atoms with Crippen LogP contribution >= 0.6 is 0 Å². The third-order valence-corrected chi connectivity index (χ3v) is 3.22. The van der Waals surface area contributed by atoms with E-state index in [0.717, 1.165) is 0 Å². The fraction of sp³-hybridized carbons (Fsp3) is 0.176. The molecule has 0 aliphatic carbocycles. The van der Waals surface area contributed by atoms with Crippen LogP contribution in [-0.4, -0.2) is 23.9 Å². The van der Waals surface area contributed by atoms with Gasteiger partial charge in [-0.25, -0.2) is 0 Å². The summed E-state index contributed by atoms with van der Waals surface area (Å²) >= 11 is 0. The van der Waals surface area contributed by atoms with Crippen molar-refractivity contribution in [3.05, 3.63) is 71.8 Å². The van der Waals surface area contributed by atoms with Gasteiger partial charge < -0.3 is 5.32 Å². The molecule has 2 aromatic rings. The molecule has 1 amide bonds. The molecule has 0 aliphatic rings. The smallest absolute Gasteiger partial charge is 0.338 e. The zero-order valence-electron chi connectivity index (χ0n) is 12.0. The monoisotopic (exact) mass is 321 g/mol. The average molecular weight is 321 g/mol. The number of benzene rings is 2. The first kappa shape index (κ1) is 16.7. The second-order valence-electron chi connectivity index (χ2n) is 4.94. The summed E-state index contributed by atoms with van der Waals surface area (Å²) < 4.78 is 37.5. The van der Waals surface area contributed by atoms with E-state index in [1.165, 1.54) is 12.1 Å². The van der Waals surface area contributed by atoms with Crippen LogP contribution in [0.5, 0.6) is 0 Å². The Morgan fingerprint density at radius 1 is 0.913 bits per heavy atom. The van der Waals surface area contributed by atoms with E-state index in [9.17, 15) is 22.8 Å². The van der Waals surface area contributed by atoms with Crippen molar-refractivity contribution in [3.63, 3.8) is 0 Å². The molecule has 1 N–H and O–H groups in total.